The van der Waals surface area contributed by atoms with Gasteiger partial charge in [-0.05, 0) is 30.3 Å². The molecule has 0 aliphatic heterocycles. The van der Waals surface area contributed by atoms with Gasteiger partial charge in [-0.25, -0.2) is 4.57 Å². The van der Waals surface area contributed by atoms with Gasteiger partial charge >= 0.3 is 6.18 Å². The Bertz CT molecular complexity index is 948. The Balaban J connectivity index is 1.98. The monoisotopic (exact) mass is 368 g/mol. The van der Waals surface area contributed by atoms with Crippen LogP contribution in [0.1, 0.15) is 0 Å². The van der Waals surface area contributed by atoms with Crippen LogP contribution in [0.15, 0.2) is 41.3 Å². The number of aliphatic hydroxyl groups is 1. The molecule has 0 aliphatic carbocycles. The van der Waals surface area contributed by atoms with E-state index in [-0.39, 0.29) is 30.4 Å². The van der Waals surface area contributed by atoms with Crippen molar-refractivity contribution >= 4 is 17.0 Å². The fourth-order valence-corrected chi connectivity index (χ4v) is 2.38. The van der Waals surface area contributed by atoms with E-state index in [9.17, 15) is 18.0 Å². The van der Waals surface area contributed by atoms with Crippen molar-refractivity contribution in [2.24, 2.45) is 0 Å². The first-order valence-corrected chi connectivity index (χ1v) is 7.64. The molecule has 138 valence electrons. The standard InChI is InChI=1S/C16H15F3N4O3/c17-16(18,19)9-26-11-3-1-10(2-4-11)23-14(25)12-5-6-20-13(12)22-15(23)21-7-8-24/h1-6,20,24H,7-9H2,(H,21,22). The molecular formula is C16H15F3N4O3. The number of fused-ring (bicyclic) bond motifs is 1. The second kappa shape index (κ2) is 7.08. The van der Waals surface area contributed by atoms with Gasteiger partial charge in [-0.3, -0.25) is 4.79 Å². The highest BCUT2D eigenvalue weighted by Gasteiger charge is 2.28. The van der Waals surface area contributed by atoms with Crippen LogP contribution in [0.2, 0.25) is 0 Å². The van der Waals surface area contributed by atoms with Gasteiger partial charge in [-0.1, -0.05) is 0 Å². The highest BCUT2D eigenvalue weighted by molar-refractivity contribution is 5.76. The summed E-state index contributed by atoms with van der Waals surface area (Å²) < 4.78 is 42.6. The van der Waals surface area contributed by atoms with Gasteiger partial charge in [-0.15, -0.1) is 0 Å². The molecule has 2 heterocycles. The second-order valence-corrected chi connectivity index (χ2v) is 5.36. The quantitative estimate of drug-likeness (QED) is 0.619. The molecular weight excluding hydrogens is 353 g/mol. The Kier molecular flexibility index (Phi) is 4.85. The zero-order valence-corrected chi connectivity index (χ0v) is 13.4. The number of H-pyrrole nitrogens is 1. The first-order valence-electron chi connectivity index (χ1n) is 7.64. The third-order valence-electron chi connectivity index (χ3n) is 3.48. The molecule has 0 aliphatic rings. The zero-order valence-electron chi connectivity index (χ0n) is 13.4. The van der Waals surface area contributed by atoms with Crippen LogP contribution < -0.4 is 15.6 Å². The third-order valence-corrected chi connectivity index (χ3v) is 3.48. The highest BCUT2D eigenvalue weighted by Crippen LogP contribution is 2.21. The molecule has 0 saturated heterocycles. The minimum atomic E-state index is -4.43. The van der Waals surface area contributed by atoms with Gasteiger partial charge in [0.1, 0.15) is 11.4 Å². The van der Waals surface area contributed by atoms with Crippen LogP contribution in [-0.2, 0) is 0 Å². The fourth-order valence-electron chi connectivity index (χ4n) is 2.38. The lowest BCUT2D eigenvalue weighted by molar-refractivity contribution is -0.153. The predicted molar refractivity (Wildman–Crippen MR) is 88.8 cm³/mol. The van der Waals surface area contributed by atoms with Crippen molar-refractivity contribution < 1.29 is 23.0 Å². The molecule has 0 unspecified atom stereocenters. The van der Waals surface area contributed by atoms with Crippen molar-refractivity contribution in [3.05, 3.63) is 46.9 Å². The van der Waals surface area contributed by atoms with E-state index in [0.29, 0.717) is 16.7 Å². The fraction of sp³-hybridized carbons (Fsp3) is 0.250. The summed E-state index contributed by atoms with van der Waals surface area (Å²) in [4.78, 5) is 19.9. The topological polar surface area (TPSA) is 92.2 Å². The van der Waals surface area contributed by atoms with E-state index in [1.54, 1.807) is 12.3 Å². The van der Waals surface area contributed by atoms with Crippen molar-refractivity contribution in [1.82, 2.24) is 14.5 Å². The van der Waals surface area contributed by atoms with Crippen LogP contribution >= 0.6 is 0 Å². The number of aromatic nitrogens is 3. The Morgan fingerprint density at radius 3 is 2.62 bits per heavy atom. The molecule has 7 nitrogen and oxygen atoms in total. The summed E-state index contributed by atoms with van der Waals surface area (Å²) in [5.74, 6) is 0.225. The third kappa shape index (κ3) is 3.80. The van der Waals surface area contributed by atoms with Crippen LogP contribution in [0.25, 0.3) is 16.7 Å². The van der Waals surface area contributed by atoms with E-state index < -0.39 is 12.8 Å². The molecule has 0 amide bonds. The van der Waals surface area contributed by atoms with Crippen LogP contribution in [0, 0.1) is 0 Å². The van der Waals surface area contributed by atoms with Gasteiger partial charge in [0, 0.05) is 12.7 Å². The first-order chi connectivity index (χ1) is 12.4. The van der Waals surface area contributed by atoms with Crippen LogP contribution in [-0.4, -0.2) is 45.6 Å². The number of anilines is 1. The normalized spacial score (nSPS) is 11.7. The summed E-state index contributed by atoms with van der Waals surface area (Å²) in [6.45, 7) is -1.39. The number of hydrogen-bond acceptors (Lipinski definition) is 5. The van der Waals surface area contributed by atoms with E-state index in [2.05, 4.69) is 20.0 Å². The first kappa shape index (κ1) is 17.8. The number of aromatic amines is 1. The van der Waals surface area contributed by atoms with E-state index in [1.807, 2.05) is 0 Å². The van der Waals surface area contributed by atoms with Crippen LogP contribution in [0.3, 0.4) is 0 Å². The number of halogens is 3. The van der Waals surface area contributed by atoms with E-state index in [1.165, 1.54) is 28.8 Å². The molecule has 0 saturated carbocycles. The Morgan fingerprint density at radius 1 is 1.23 bits per heavy atom. The molecule has 3 aromatic rings. The van der Waals surface area contributed by atoms with Gasteiger partial charge in [0.05, 0.1) is 17.7 Å². The number of rotatable bonds is 6. The van der Waals surface area contributed by atoms with Gasteiger partial charge in [0.25, 0.3) is 5.56 Å². The average Bonchev–Trinajstić information content (AvgIpc) is 3.07. The summed E-state index contributed by atoms with van der Waals surface area (Å²) in [6, 6.07) is 7.17. The predicted octanol–water partition coefficient (Wildman–Crippen LogP) is 2.06. The number of aliphatic hydroxyl groups excluding tert-OH is 1. The number of nitrogens with zero attached hydrogens (tertiary/aromatic N) is 2. The van der Waals surface area contributed by atoms with E-state index in [4.69, 9.17) is 5.11 Å². The van der Waals surface area contributed by atoms with Gasteiger partial charge in [-0.2, -0.15) is 18.2 Å². The molecule has 2 aromatic heterocycles. The summed E-state index contributed by atoms with van der Waals surface area (Å²) in [7, 11) is 0. The van der Waals surface area contributed by atoms with Gasteiger partial charge < -0.3 is 20.1 Å². The van der Waals surface area contributed by atoms with Crippen LogP contribution in [0.5, 0.6) is 5.75 Å². The molecule has 10 heteroatoms. The maximum Gasteiger partial charge on any atom is 0.422 e. The molecule has 1 aromatic carbocycles. The lowest BCUT2D eigenvalue weighted by Crippen LogP contribution is -2.24. The zero-order chi connectivity index (χ0) is 18.7. The molecule has 0 bridgehead atoms. The summed E-state index contributed by atoms with van der Waals surface area (Å²) in [5, 5.41) is 12.2. The minimum absolute atomic E-state index is 0.0275. The second-order valence-electron chi connectivity index (χ2n) is 5.36. The average molecular weight is 368 g/mol. The lowest BCUT2D eigenvalue weighted by Gasteiger charge is -2.14. The highest BCUT2D eigenvalue weighted by atomic mass is 19.4. The number of benzene rings is 1. The molecule has 0 fully saturated rings. The molecule has 0 atom stereocenters. The van der Waals surface area contributed by atoms with Crippen molar-refractivity contribution in [1.29, 1.82) is 0 Å². The molecule has 0 spiro atoms. The van der Waals surface area contributed by atoms with E-state index >= 15 is 0 Å². The van der Waals surface area contributed by atoms with E-state index in [0.717, 1.165) is 0 Å². The maximum atomic E-state index is 12.7. The number of nitrogens with one attached hydrogen (secondary N) is 2. The summed E-state index contributed by atoms with van der Waals surface area (Å²) in [5.41, 5.74) is 0.419. The van der Waals surface area contributed by atoms with Gasteiger partial charge in [0.2, 0.25) is 5.95 Å². The molecule has 3 rings (SSSR count). The summed E-state index contributed by atoms with van der Waals surface area (Å²) >= 11 is 0. The van der Waals surface area contributed by atoms with Gasteiger partial charge in [0.15, 0.2) is 6.61 Å². The lowest BCUT2D eigenvalue weighted by atomic mass is 10.3. The van der Waals surface area contributed by atoms with Crippen molar-refractivity contribution in [3.63, 3.8) is 0 Å². The Hall–Kier alpha value is -3.01. The minimum Gasteiger partial charge on any atom is -0.484 e. The summed E-state index contributed by atoms with van der Waals surface area (Å²) in [6.07, 6.45) is -2.85. The smallest absolute Gasteiger partial charge is 0.422 e. The number of hydrogen-bond donors (Lipinski definition) is 3. The van der Waals surface area contributed by atoms with Crippen molar-refractivity contribution in [2.75, 3.05) is 25.1 Å². The Morgan fingerprint density at radius 2 is 1.96 bits per heavy atom. The number of ether oxygens (including phenoxy) is 1. The SMILES string of the molecule is O=c1c2cc[nH]c2nc(NCCO)n1-c1ccc(OCC(F)(F)F)cc1. The number of alkyl halides is 3. The largest absolute Gasteiger partial charge is 0.484 e. The van der Waals surface area contributed by atoms with Crippen LogP contribution in [0.4, 0.5) is 19.1 Å². The molecule has 3 N–H and O–H groups in total. The van der Waals surface area contributed by atoms with Crippen molar-refractivity contribution in [2.45, 2.75) is 6.18 Å². The molecule has 26 heavy (non-hydrogen) atoms. The molecule has 0 radical (unpaired) electrons. The maximum absolute atomic E-state index is 12.7. The van der Waals surface area contributed by atoms with Crippen molar-refractivity contribution in [3.8, 4) is 11.4 Å². The Labute approximate surface area is 145 Å².